The van der Waals surface area contributed by atoms with E-state index in [0.717, 1.165) is 56.4 Å². The molecule has 0 bridgehead atoms. The highest BCUT2D eigenvalue weighted by Crippen LogP contribution is 2.33. The predicted octanol–water partition coefficient (Wildman–Crippen LogP) is 4.33. The number of benzene rings is 1. The molecule has 1 aliphatic rings. The lowest BCUT2D eigenvalue weighted by Gasteiger charge is -2.36. The highest BCUT2D eigenvalue weighted by molar-refractivity contribution is 14.0. The number of thioether (sulfide) groups is 1. The third-order valence-corrected chi connectivity index (χ3v) is 6.50. The van der Waals surface area contributed by atoms with Crippen LogP contribution in [-0.2, 0) is 11.3 Å². The van der Waals surface area contributed by atoms with Crippen molar-refractivity contribution >= 4 is 52.7 Å². The van der Waals surface area contributed by atoms with Gasteiger partial charge in [-0.2, -0.15) is 11.8 Å². The number of para-hydroxylation sites is 1. The van der Waals surface area contributed by atoms with Crippen molar-refractivity contribution in [2.45, 2.75) is 38.0 Å². The molecule has 1 aliphatic heterocycles. The Morgan fingerprint density at radius 1 is 1.22 bits per heavy atom. The van der Waals surface area contributed by atoms with Gasteiger partial charge in [0.1, 0.15) is 17.9 Å². The van der Waals surface area contributed by atoms with Gasteiger partial charge in [0.25, 0.3) is 0 Å². The topological polar surface area (TPSA) is 58.8 Å². The highest BCUT2D eigenvalue weighted by Gasteiger charge is 2.31. The summed E-state index contributed by atoms with van der Waals surface area (Å²) in [6.45, 7) is 8.13. The van der Waals surface area contributed by atoms with Gasteiger partial charge in [-0.1, -0.05) is 18.2 Å². The van der Waals surface area contributed by atoms with Gasteiger partial charge in [0.05, 0.1) is 0 Å². The van der Waals surface area contributed by atoms with E-state index in [4.69, 9.17) is 14.1 Å². The maximum atomic E-state index is 5.98. The van der Waals surface area contributed by atoms with Crippen LogP contribution in [0.5, 0.6) is 0 Å². The van der Waals surface area contributed by atoms with Gasteiger partial charge in [-0.05, 0) is 39.0 Å². The number of fused-ring (bicyclic) bond motifs is 1. The molecule has 0 aliphatic carbocycles. The van der Waals surface area contributed by atoms with Gasteiger partial charge < -0.3 is 19.8 Å². The lowest BCUT2D eigenvalue weighted by Crippen LogP contribution is -2.47. The van der Waals surface area contributed by atoms with E-state index in [1.165, 1.54) is 10.9 Å². The largest absolute Gasteiger partial charge is 0.459 e. The van der Waals surface area contributed by atoms with Crippen LogP contribution < -0.4 is 10.6 Å². The number of halogens is 1. The molecule has 0 amide bonds. The van der Waals surface area contributed by atoms with Crippen LogP contribution in [0.1, 0.15) is 31.1 Å². The Morgan fingerprint density at radius 2 is 1.96 bits per heavy atom. The van der Waals surface area contributed by atoms with E-state index in [1.807, 2.05) is 30.0 Å². The Morgan fingerprint density at radius 3 is 2.63 bits per heavy atom. The van der Waals surface area contributed by atoms with Crippen LogP contribution in [0.25, 0.3) is 11.0 Å². The molecule has 2 aromatic rings. The maximum absolute atomic E-state index is 5.98. The van der Waals surface area contributed by atoms with E-state index in [0.29, 0.717) is 6.54 Å². The maximum Gasteiger partial charge on any atom is 0.191 e. The van der Waals surface area contributed by atoms with Crippen molar-refractivity contribution in [1.82, 2.24) is 10.6 Å². The second kappa shape index (κ2) is 10.6. The van der Waals surface area contributed by atoms with E-state index < -0.39 is 0 Å². The Bertz CT molecular complexity index is 757. The van der Waals surface area contributed by atoms with Gasteiger partial charge in [0.2, 0.25) is 0 Å². The molecule has 0 saturated carbocycles. The fraction of sp³-hybridized carbons (Fsp3) is 0.550. The van der Waals surface area contributed by atoms with Gasteiger partial charge in [-0.25, -0.2) is 4.99 Å². The summed E-state index contributed by atoms with van der Waals surface area (Å²) in [6.07, 6.45) is 4.33. The number of rotatable bonds is 6. The molecule has 0 spiro atoms. The smallest absolute Gasteiger partial charge is 0.191 e. The van der Waals surface area contributed by atoms with E-state index in [-0.39, 0.29) is 28.7 Å². The van der Waals surface area contributed by atoms with Gasteiger partial charge in [0.15, 0.2) is 5.96 Å². The second-order valence-corrected chi connectivity index (χ2v) is 7.97. The number of aryl methyl sites for hydroxylation is 1. The van der Waals surface area contributed by atoms with Crippen molar-refractivity contribution in [2.75, 3.05) is 32.6 Å². The first-order valence-electron chi connectivity index (χ1n) is 9.29. The molecule has 3 rings (SSSR count). The number of aliphatic imine (C=N–C) groups is 1. The van der Waals surface area contributed by atoms with E-state index in [1.54, 1.807) is 0 Å². The second-order valence-electron chi connectivity index (χ2n) is 6.69. The van der Waals surface area contributed by atoms with E-state index >= 15 is 0 Å². The molecule has 2 heterocycles. The monoisotopic (exact) mass is 503 g/mol. The number of guanidine groups is 1. The number of ether oxygens (including phenoxy) is 1. The summed E-state index contributed by atoms with van der Waals surface area (Å²) in [5.74, 6) is 1.77. The fourth-order valence-corrected chi connectivity index (χ4v) is 4.10. The van der Waals surface area contributed by atoms with Crippen LogP contribution in [-0.4, -0.2) is 43.3 Å². The summed E-state index contributed by atoms with van der Waals surface area (Å²) in [5.41, 5.74) is 2.10. The standard InChI is InChI=1S/C20H29N3O2S.HI/c1-4-21-19(23-14-20(26-3)9-11-24-12-10-20)22-13-18-15(2)16-7-5-6-8-17(16)25-18;/h5-8H,4,9-14H2,1-3H3,(H2,21,22,23);1H. The summed E-state index contributed by atoms with van der Waals surface area (Å²) in [4.78, 5) is 4.75. The summed E-state index contributed by atoms with van der Waals surface area (Å²) in [7, 11) is 0. The zero-order chi connectivity index (χ0) is 18.4. The Kier molecular flexibility index (Phi) is 8.75. The van der Waals surface area contributed by atoms with Crippen LogP contribution in [0.4, 0.5) is 0 Å². The lowest BCUT2D eigenvalue weighted by atomic mass is 9.99. The Hall–Kier alpha value is -0.930. The molecule has 2 N–H and O–H groups in total. The molecular formula is C20H30IN3O2S. The Balaban J connectivity index is 0.00000261. The minimum Gasteiger partial charge on any atom is -0.459 e. The van der Waals surface area contributed by atoms with Crippen LogP contribution >= 0.6 is 35.7 Å². The van der Waals surface area contributed by atoms with Crippen LogP contribution in [0.15, 0.2) is 33.7 Å². The first-order chi connectivity index (χ1) is 12.7. The van der Waals surface area contributed by atoms with Crippen LogP contribution in [0.2, 0.25) is 0 Å². The number of hydrogen-bond acceptors (Lipinski definition) is 4. The van der Waals surface area contributed by atoms with Gasteiger partial charge in [0, 0.05) is 42.0 Å². The van der Waals surface area contributed by atoms with Gasteiger partial charge >= 0.3 is 0 Å². The van der Waals surface area contributed by atoms with Crippen molar-refractivity contribution in [1.29, 1.82) is 0 Å². The molecule has 5 nitrogen and oxygen atoms in total. The molecular weight excluding hydrogens is 473 g/mol. The summed E-state index contributed by atoms with van der Waals surface area (Å²) in [6, 6.07) is 8.14. The molecule has 1 aromatic heterocycles. The molecule has 27 heavy (non-hydrogen) atoms. The van der Waals surface area contributed by atoms with Crippen molar-refractivity contribution in [3.63, 3.8) is 0 Å². The van der Waals surface area contributed by atoms with Crippen LogP contribution in [0.3, 0.4) is 0 Å². The zero-order valence-corrected chi connectivity index (χ0v) is 19.5. The van der Waals surface area contributed by atoms with Gasteiger partial charge in [-0.3, -0.25) is 0 Å². The first kappa shape index (κ1) is 22.4. The predicted molar refractivity (Wildman–Crippen MR) is 125 cm³/mol. The van der Waals surface area contributed by atoms with Crippen LogP contribution in [0, 0.1) is 6.92 Å². The number of nitrogens with one attached hydrogen (secondary N) is 2. The SMILES string of the molecule is CCNC(=NCc1oc2ccccc2c1C)NCC1(SC)CCOCC1.I. The average molecular weight is 503 g/mol. The van der Waals surface area contributed by atoms with Crippen molar-refractivity contribution in [2.24, 2.45) is 4.99 Å². The quantitative estimate of drug-likeness (QED) is 0.349. The molecule has 150 valence electrons. The zero-order valence-electron chi connectivity index (χ0n) is 16.3. The summed E-state index contributed by atoms with van der Waals surface area (Å²) < 4.78 is 11.7. The normalized spacial score (nSPS) is 16.8. The van der Waals surface area contributed by atoms with Gasteiger partial charge in [-0.15, -0.1) is 24.0 Å². The molecule has 0 radical (unpaired) electrons. The first-order valence-corrected chi connectivity index (χ1v) is 10.5. The molecule has 0 atom stereocenters. The fourth-order valence-electron chi connectivity index (χ4n) is 3.31. The Labute approximate surface area is 183 Å². The molecule has 1 saturated heterocycles. The summed E-state index contributed by atoms with van der Waals surface area (Å²) >= 11 is 1.93. The average Bonchev–Trinajstić information content (AvgIpc) is 3.01. The molecule has 0 unspecified atom stereocenters. The number of furan rings is 1. The highest BCUT2D eigenvalue weighted by atomic mass is 127. The molecule has 1 aromatic carbocycles. The number of hydrogen-bond donors (Lipinski definition) is 2. The van der Waals surface area contributed by atoms with E-state index in [2.05, 4.69) is 36.8 Å². The van der Waals surface area contributed by atoms with Crippen molar-refractivity contribution in [3.8, 4) is 0 Å². The van der Waals surface area contributed by atoms with E-state index in [9.17, 15) is 0 Å². The van der Waals surface area contributed by atoms with Crippen molar-refractivity contribution < 1.29 is 9.15 Å². The lowest BCUT2D eigenvalue weighted by molar-refractivity contribution is 0.0783. The van der Waals surface area contributed by atoms with Crippen molar-refractivity contribution in [3.05, 3.63) is 35.6 Å². The number of nitrogens with zero attached hydrogens (tertiary/aromatic N) is 1. The minimum absolute atomic E-state index is 0. The summed E-state index contributed by atoms with van der Waals surface area (Å²) in [5, 5.41) is 8.04. The molecule has 7 heteroatoms. The molecule has 1 fully saturated rings. The third kappa shape index (κ3) is 5.54. The minimum atomic E-state index is 0. The third-order valence-electron chi connectivity index (χ3n) is 5.08.